The minimum Gasteiger partial charge on any atom is -0.330 e. The third-order valence-electron chi connectivity index (χ3n) is 1.22. The molecule has 0 saturated carbocycles. The zero-order valence-corrected chi connectivity index (χ0v) is 6.57. The molecule has 3 nitrogen and oxygen atoms in total. The molecule has 0 aliphatic heterocycles. The van der Waals surface area contributed by atoms with Gasteiger partial charge in [-0.2, -0.15) is 0 Å². The fraction of sp³-hybridized carbons (Fsp3) is 1.00. The van der Waals surface area contributed by atoms with Crippen molar-refractivity contribution in [2.75, 3.05) is 6.54 Å². The van der Waals surface area contributed by atoms with Gasteiger partial charge in [0.1, 0.15) is 0 Å². The molecule has 56 valence electrons. The lowest BCUT2D eigenvalue weighted by atomic mass is 10.1. The summed E-state index contributed by atoms with van der Waals surface area (Å²) in [4.78, 5) is 0. The van der Waals surface area contributed by atoms with Gasteiger partial charge in [0.2, 0.25) is 0 Å². The van der Waals surface area contributed by atoms with Crippen LogP contribution in [0.4, 0.5) is 0 Å². The van der Waals surface area contributed by atoms with Crippen LogP contribution in [0.2, 0.25) is 0 Å². The molecule has 0 aliphatic rings. The Morgan fingerprint density at radius 2 is 2.11 bits per heavy atom. The van der Waals surface area contributed by atoms with Gasteiger partial charge in [-0.25, -0.2) is 4.21 Å². The molecular weight excluding hydrogens is 138 g/mol. The van der Waals surface area contributed by atoms with Crippen molar-refractivity contribution in [2.45, 2.75) is 25.0 Å². The largest absolute Gasteiger partial charge is 0.330 e. The van der Waals surface area contributed by atoms with Crippen molar-refractivity contribution in [1.29, 1.82) is 0 Å². The van der Waals surface area contributed by atoms with Gasteiger partial charge in [0.25, 0.3) is 0 Å². The maximum Gasteiger partial charge on any atom is 0.158 e. The third-order valence-corrected chi connectivity index (χ3v) is 2.37. The van der Waals surface area contributed by atoms with Crippen LogP contribution in [-0.2, 0) is 11.1 Å². The second-order valence-corrected chi connectivity index (χ2v) is 4.15. The lowest BCUT2D eigenvalue weighted by Gasteiger charge is -2.17. The van der Waals surface area contributed by atoms with Gasteiger partial charge in [0, 0.05) is 0 Å². The molecule has 0 radical (unpaired) electrons. The second-order valence-electron chi connectivity index (χ2n) is 2.55. The summed E-state index contributed by atoms with van der Waals surface area (Å²) in [6.07, 6.45) is 0.579. The maximum atomic E-state index is 10.5. The van der Waals surface area contributed by atoms with E-state index in [0.717, 1.165) is 0 Å². The Morgan fingerprint density at radius 3 is 2.22 bits per heavy atom. The van der Waals surface area contributed by atoms with E-state index in [1.165, 1.54) is 0 Å². The maximum absolute atomic E-state index is 10.5. The predicted octanol–water partition coefficient (Wildman–Crippen LogP) is 0.336. The molecule has 9 heavy (non-hydrogen) atoms. The molecule has 0 amide bonds. The number of hydrogen-bond donors (Lipinski definition) is 2. The molecule has 1 atom stereocenters. The summed E-state index contributed by atoms with van der Waals surface area (Å²) < 4.78 is 18.5. The first-order valence-corrected chi connectivity index (χ1v) is 3.92. The highest BCUT2D eigenvalue weighted by molar-refractivity contribution is 7.80. The number of nitrogens with two attached hydrogens (primary N) is 1. The molecule has 0 rings (SSSR count). The average Bonchev–Trinajstić information content (AvgIpc) is 1.65. The van der Waals surface area contributed by atoms with E-state index in [-0.39, 0.29) is 0 Å². The lowest BCUT2D eigenvalue weighted by molar-refractivity contribution is 0.503. The topological polar surface area (TPSA) is 63.3 Å². The monoisotopic (exact) mass is 151 g/mol. The summed E-state index contributed by atoms with van der Waals surface area (Å²) in [6.45, 7) is 3.89. The van der Waals surface area contributed by atoms with Crippen LogP contribution in [0.15, 0.2) is 0 Å². The molecule has 0 aromatic carbocycles. The molecule has 0 fully saturated rings. The van der Waals surface area contributed by atoms with Gasteiger partial charge >= 0.3 is 0 Å². The van der Waals surface area contributed by atoms with Crippen molar-refractivity contribution in [3.8, 4) is 0 Å². The Bertz CT molecular complexity index is 114. The van der Waals surface area contributed by atoms with Crippen LogP contribution in [0.5, 0.6) is 0 Å². The third kappa shape index (κ3) is 2.93. The van der Waals surface area contributed by atoms with Crippen LogP contribution in [0, 0.1) is 0 Å². The highest BCUT2D eigenvalue weighted by Gasteiger charge is 2.22. The summed E-state index contributed by atoms with van der Waals surface area (Å²) in [5.74, 6) is 0. The summed E-state index contributed by atoms with van der Waals surface area (Å²) in [5.41, 5.74) is 5.21. The summed E-state index contributed by atoms with van der Waals surface area (Å²) in [6, 6.07) is 0. The molecule has 0 aromatic heterocycles. The molecular formula is C5H13NO2S. The summed E-state index contributed by atoms with van der Waals surface area (Å²) in [7, 11) is 0. The van der Waals surface area contributed by atoms with Gasteiger partial charge in [-0.05, 0) is 26.8 Å². The molecule has 0 heterocycles. The van der Waals surface area contributed by atoms with Crippen LogP contribution < -0.4 is 5.73 Å². The smallest absolute Gasteiger partial charge is 0.158 e. The van der Waals surface area contributed by atoms with E-state index in [4.69, 9.17) is 10.3 Å². The second kappa shape index (κ2) is 3.29. The van der Waals surface area contributed by atoms with Gasteiger partial charge in [-0.15, -0.1) is 0 Å². The molecule has 0 spiro atoms. The van der Waals surface area contributed by atoms with E-state index in [1.54, 1.807) is 13.8 Å². The predicted molar refractivity (Wildman–Crippen MR) is 38.5 cm³/mol. The van der Waals surface area contributed by atoms with Crippen LogP contribution in [-0.4, -0.2) is 20.1 Å². The first-order valence-electron chi connectivity index (χ1n) is 2.82. The van der Waals surface area contributed by atoms with Gasteiger partial charge in [0.05, 0.1) is 4.75 Å². The minimum atomic E-state index is -1.76. The molecule has 3 N–H and O–H groups in total. The van der Waals surface area contributed by atoms with Crippen molar-refractivity contribution in [2.24, 2.45) is 5.73 Å². The Morgan fingerprint density at radius 1 is 1.67 bits per heavy atom. The lowest BCUT2D eigenvalue weighted by Crippen LogP contribution is -2.29. The standard InChI is InChI=1S/C5H13NO2S/c1-5(2,3-4-6)9(7)8/h3-4,6H2,1-2H3,(H,7,8). The van der Waals surface area contributed by atoms with Gasteiger partial charge < -0.3 is 10.3 Å². The van der Waals surface area contributed by atoms with Crippen LogP contribution in [0.1, 0.15) is 20.3 Å². The number of rotatable bonds is 3. The van der Waals surface area contributed by atoms with E-state index in [0.29, 0.717) is 13.0 Å². The molecule has 1 unspecified atom stereocenters. The van der Waals surface area contributed by atoms with Crippen molar-refractivity contribution in [3.63, 3.8) is 0 Å². The quantitative estimate of drug-likeness (QED) is 0.571. The fourth-order valence-electron chi connectivity index (χ4n) is 0.435. The van der Waals surface area contributed by atoms with Crippen molar-refractivity contribution < 1.29 is 8.76 Å². The van der Waals surface area contributed by atoms with Crippen LogP contribution in [0.3, 0.4) is 0 Å². The zero-order valence-electron chi connectivity index (χ0n) is 5.76. The molecule has 0 saturated heterocycles. The van der Waals surface area contributed by atoms with Gasteiger partial charge in [-0.3, -0.25) is 0 Å². The zero-order chi connectivity index (χ0) is 7.49. The Hall–Kier alpha value is 0.0700. The fourth-order valence-corrected chi connectivity index (χ4v) is 0.727. The molecule has 4 heteroatoms. The first-order chi connectivity index (χ1) is 4.00. The minimum absolute atomic E-state index is 0.458. The van der Waals surface area contributed by atoms with Crippen molar-refractivity contribution >= 4 is 11.1 Å². The van der Waals surface area contributed by atoms with Gasteiger partial charge in [-0.1, -0.05) is 0 Å². The van der Waals surface area contributed by atoms with E-state index >= 15 is 0 Å². The van der Waals surface area contributed by atoms with E-state index < -0.39 is 15.8 Å². The van der Waals surface area contributed by atoms with Crippen LogP contribution in [0.25, 0.3) is 0 Å². The normalized spacial score (nSPS) is 15.6. The van der Waals surface area contributed by atoms with E-state index in [1.807, 2.05) is 0 Å². The Kier molecular flexibility index (Phi) is 3.32. The first kappa shape index (κ1) is 9.07. The van der Waals surface area contributed by atoms with Crippen LogP contribution >= 0.6 is 0 Å². The van der Waals surface area contributed by atoms with Crippen molar-refractivity contribution in [3.05, 3.63) is 0 Å². The molecule has 0 aliphatic carbocycles. The van der Waals surface area contributed by atoms with E-state index in [9.17, 15) is 4.21 Å². The molecule has 0 aromatic rings. The Labute approximate surface area is 57.9 Å². The average molecular weight is 151 g/mol. The SMILES string of the molecule is CC(C)(CCN)S(=O)O. The highest BCUT2D eigenvalue weighted by Crippen LogP contribution is 2.13. The van der Waals surface area contributed by atoms with E-state index in [2.05, 4.69) is 0 Å². The Balaban J connectivity index is 3.85. The highest BCUT2D eigenvalue weighted by atomic mass is 32.2. The molecule has 0 bridgehead atoms. The summed E-state index contributed by atoms with van der Waals surface area (Å²) >= 11 is -1.76. The summed E-state index contributed by atoms with van der Waals surface area (Å²) in [5, 5.41) is 0. The van der Waals surface area contributed by atoms with Crippen molar-refractivity contribution in [1.82, 2.24) is 0 Å². The number of hydrogen-bond acceptors (Lipinski definition) is 2. The van der Waals surface area contributed by atoms with Gasteiger partial charge in [0.15, 0.2) is 11.1 Å².